The van der Waals surface area contributed by atoms with Gasteiger partial charge < -0.3 is 20.3 Å². The summed E-state index contributed by atoms with van der Waals surface area (Å²) in [7, 11) is 5.82. The van der Waals surface area contributed by atoms with Crippen LogP contribution in [0.1, 0.15) is 6.42 Å². The Kier molecular flexibility index (Phi) is 7.19. The van der Waals surface area contributed by atoms with E-state index in [9.17, 15) is 13.6 Å². The number of ether oxygens (including phenoxy) is 1. The molecule has 164 valence electrons. The predicted molar refractivity (Wildman–Crippen MR) is 116 cm³/mol. The minimum Gasteiger partial charge on any atom is -0.493 e. The smallest absolute Gasteiger partial charge is 0.323 e. The molecule has 2 aromatic carbocycles. The Morgan fingerprint density at radius 2 is 1.94 bits per heavy atom. The summed E-state index contributed by atoms with van der Waals surface area (Å²) in [5.74, 6) is -0.907. The van der Waals surface area contributed by atoms with Gasteiger partial charge in [0, 0.05) is 37.1 Å². The van der Waals surface area contributed by atoms with E-state index in [-0.39, 0.29) is 5.69 Å². The lowest BCUT2D eigenvalue weighted by atomic mass is 10.1. The number of anilines is 2. The second kappa shape index (κ2) is 10.0. The highest BCUT2D eigenvalue weighted by atomic mass is 19.1. The number of halogens is 2. The van der Waals surface area contributed by atoms with Crippen molar-refractivity contribution >= 4 is 17.4 Å². The van der Waals surface area contributed by atoms with Gasteiger partial charge in [0.25, 0.3) is 0 Å². The maximum Gasteiger partial charge on any atom is 0.323 e. The number of nitrogens with zero attached hydrogens (tertiary/aromatic N) is 3. The molecular weight excluding hydrogens is 404 g/mol. The van der Waals surface area contributed by atoms with Crippen LogP contribution < -0.4 is 15.4 Å². The number of hydrogen-bond donors (Lipinski definition) is 2. The quantitative estimate of drug-likeness (QED) is 0.523. The Balaban J connectivity index is 1.76. The zero-order chi connectivity index (χ0) is 22.4. The first-order valence-corrected chi connectivity index (χ1v) is 9.76. The number of carbonyl (C=O) groups is 1. The van der Waals surface area contributed by atoms with Crippen LogP contribution in [0.15, 0.2) is 48.7 Å². The van der Waals surface area contributed by atoms with Gasteiger partial charge >= 0.3 is 6.03 Å². The largest absolute Gasteiger partial charge is 0.493 e. The number of carbonyl (C=O) groups excluding carboxylic acids is 1. The first-order chi connectivity index (χ1) is 14.8. The lowest BCUT2D eigenvalue weighted by Gasteiger charge is -2.15. The van der Waals surface area contributed by atoms with Crippen molar-refractivity contribution in [3.05, 3.63) is 60.3 Å². The van der Waals surface area contributed by atoms with Gasteiger partial charge in [-0.25, -0.2) is 13.6 Å². The monoisotopic (exact) mass is 429 g/mol. The molecule has 0 aliphatic rings. The van der Waals surface area contributed by atoms with E-state index in [2.05, 4.69) is 20.6 Å². The molecule has 3 rings (SSSR count). The lowest BCUT2D eigenvalue weighted by molar-refractivity contribution is 0.262. The van der Waals surface area contributed by atoms with Gasteiger partial charge in [-0.3, -0.25) is 4.68 Å². The molecule has 0 unspecified atom stereocenters. The molecule has 0 aliphatic heterocycles. The van der Waals surface area contributed by atoms with Crippen molar-refractivity contribution in [2.24, 2.45) is 7.05 Å². The molecule has 3 aromatic rings. The van der Waals surface area contributed by atoms with Crippen LogP contribution in [0.4, 0.5) is 25.0 Å². The van der Waals surface area contributed by atoms with Gasteiger partial charge in [0.2, 0.25) is 0 Å². The Hall–Kier alpha value is -3.46. The number of aromatic nitrogens is 2. The number of rotatable bonds is 8. The summed E-state index contributed by atoms with van der Waals surface area (Å²) < 4.78 is 34.5. The highest BCUT2D eigenvalue weighted by molar-refractivity contribution is 6.00. The van der Waals surface area contributed by atoms with E-state index in [0.29, 0.717) is 24.1 Å². The zero-order valence-electron chi connectivity index (χ0n) is 17.7. The van der Waals surface area contributed by atoms with E-state index in [0.717, 1.165) is 36.4 Å². The van der Waals surface area contributed by atoms with Crippen LogP contribution >= 0.6 is 0 Å². The first kappa shape index (κ1) is 22.2. The van der Waals surface area contributed by atoms with Gasteiger partial charge in [0.05, 0.1) is 18.0 Å². The van der Waals surface area contributed by atoms with Crippen LogP contribution in [0.25, 0.3) is 11.3 Å². The number of amides is 2. The average Bonchev–Trinajstić information content (AvgIpc) is 3.13. The summed E-state index contributed by atoms with van der Waals surface area (Å²) in [5, 5.41) is 9.23. The van der Waals surface area contributed by atoms with E-state index in [1.165, 1.54) is 0 Å². The highest BCUT2D eigenvalue weighted by Gasteiger charge is 2.14. The second-order valence-electron chi connectivity index (χ2n) is 7.26. The van der Waals surface area contributed by atoms with Crippen molar-refractivity contribution in [3.8, 4) is 17.0 Å². The third kappa shape index (κ3) is 6.02. The molecule has 31 heavy (non-hydrogen) atoms. The molecule has 0 fully saturated rings. The van der Waals surface area contributed by atoms with E-state index in [1.807, 2.05) is 27.2 Å². The van der Waals surface area contributed by atoms with E-state index >= 15 is 0 Å². The number of benzene rings is 2. The second-order valence-corrected chi connectivity index (χ2v) is 7.26. The fourth-order valence-corrected chi connectivity index (χ4v) is 3.01. The van der Waals surface area contributed by atoms with Gasteiger partial charge in [-0.05, 0) is 56.9 Å². The molecule has 1 aromatic heterocycles. The normalized spacial score (nSPS) is 10.9. The fourth-order valence-electron chi connectivity index (χ4n) is 3.01. The Bertz CT molecular complexity index is 1050. The number of aryl methyl sites for hydroxylation is 1. The Morgan fingerprint density at radius 1 is 1.13 bits per heavy atom. The summed E-state index contributed by atoms with van der Waals surface area (Å²) in [6.45, 7) is 1.45. The Labute approximate surface area is 179 Å². The van der Waals surface area contributed by atoms with E-state index in [1.54, 1.807) is 29.1 Å². The van der Waals surface area contributed by atoms with Crippen LogP contribution in [-0.4, -0.2) is 48.0 Å². The fraction of sp³-hybridized carbons (Fsp3) is 0.273. The van der Waals surface area contributed by atoms with Gasteiger partial charge in [0.1, 0.15) is 17.4 Å². The molecule has 0 spiro atoms. The van der Waals surface area contributed by atoms with Gasteiger partial charge in [0.15, 0.2) is 0 Å². The minimum atomic E-state index is -0.854. The van der Waals surface area contributed by atoms with Crippen LogP contribution in [0.2, 0.25) is 0 Å². The van der Waals surface area contributed by atoms with Gasteiger partial charge in [-0.1, -0.05) is 0 Å². The summed E-state index contributed by atoms with van der Waals surface area (Å²) in [5.41, 5.74) is 1.94. The first-order valence-electron chi connectivity index (χ1n) is 9.76. The summed E-state index contributed by atoms with van der Waals surface area (Å²) in [4.78, 5) is 14.4. The number of hydrogen-bond acceptors (Lipinski definition) is 4. The van der Waals surface area contributed by atoms with Crippen LogP contribution in [0.3, 0.4) is 0 Å². The van der Waals surface area contributed by atoms with Crippen molar-refractivity contribution in [1.29, 1.82) is 0 Å². The SMILES string of the molecule is CN(C)CCCOc1ccc(NC(=O)Nc2ccc(F)cc2F)cc1-c1ccnn1C. The number of urea groups is 1. The molecule has 9 heteroatoms. The average molecular weight is 429 g/mol. The lowest BCUT2D eigenvalue weighted by Crippen LogP contribution is -2.20. The Morgan fingerprint density at radius 3 is 2.61 bits per heavy atom. The molecule has 2 amide bonds. The summed E-state index contributed by atoms with van der Waals surface area (Å²) >= 11 is 0. The standard InChI is InChI=1S/C22H25F2N5O2/c1-28(2)11-4-12-31-21-8-6-16(14-17(21)20-9-10-25-29(20)3)26-22(30)27-19-7-5-15(23)13-18(19)24/h5-10,13-14H,4,11-12H2,1-3H3,(H2,26,27,30). The van der Waals surface area contributed by atoms with Gasteiger partial charge in [-0.2, -0.15) is 5.10 Å². The summed E-state index contributed by atoms with van der Waals surface area (Å²) in [6.07, 6.45) is 2.54. The van der Waals surface area contributed by atoms with E-state index < -0.39 is 17.7 Å². The van der Waals surface area contributed by atoms with Crippen molar-refractivity contribution in [2.75, 3.05) is 37.9 Å². The van der Waals surface area contributed by atoms with E-state index in [4.69, 9.17) is 4.74 Å². The van der Waals surface area contributed by atoms with Crippen LogP contribution in [0.5, 0.6) is 5.75 Å². The minimum absolute atomic E-state index is 0.119. The van der Waals surface area contributed by atoms with Crippen molar-refractivity contribution in [2.45, 2.75) is 6.42 Å². The predicted octanol–water partition coefficient (Wildman–Crippen LogP) is 4.34. The third-order valence-electron chi connectivity index (χ3n) is 4.52. The molecule has 0 aliphatic carbocycles. The molecule has 7 nitrogen and oxygen atoms in total. The molecule has 1 heterocycles. The topological polar surface area (TPSA) is 71.4 Å². The molecule has 0 saturated heterocycles. The van der Waals surface area contributed by atoms with Crippen molar-refractivity contribution in [1.82, 2.24) is 14.7 Å². The van der Waals surface area contributed by atoms with Crippen LogP contribution in [-0.2, 0) is 7.05 Å². The molecule has 0 radical (unpaired) electrons. The molecule has 0 atom stereocenters. The van der Waals surface area contributed by atoms with Crippen molar-refractivity contribution in [3.63, 3.8) is 0 Å². The highest BCUT2D eigenvalue weighted by Crippen LogP contribution is 2.32. The molecule has 0 saturated carbocycles. The molecule has 2 N–H and O–H groups in total. The number of nitrogens with one attached hydrogen (secondary N) is 2. The van der Waals surface area contributed by atoms with Crippen LogP contribution in [0, 0.1) is 11.6 Å². The maximum atomic E-state index is 13.8. The maximum absolute atomic E-state index is 13.8. The molecule has 0 bridgehead atoms. The summed E-state index contributed by atoms with van der Waals surface area (Å²) in [6, 6.07) is 9.36. The molecular formula is C22H25F2N5O2. The zero-order valence-corrected chi connectivity index (χ0v) is 17.7. The third-order valence-corrected chi connectivity index (χ3v) is 4.52. The van der Waals surface area contributed by atoms with Crippen molar-refractivity contribution < 1.29 is 18.3 Å². The van der Waals surface area contributed by atoms with Gasteiger partial charge in [-0.15, -0.1) is 0 Å².